The van der Waals surface area contributed by atoms with Crippen molar-refractivity contribution in [1.82, 2.24) is 10.6 Å². The van der Waals surface area contributed by atoms with Gasteiger partial charge in [0.15, 0.2) is 17.5 Å². The number of methoxy groups -OCH3 is 1. The van der Waals surface area contributed by atoms with Crippen molar-refractivity contribution < 1.29 is 9.13 Å². The molecule has 1 saturated carbocycles. The largest absolute Gasteiger partial charge is 0.494 e. The Labute approximate surface area is 106 Å². The highest BCUT2D eigenvalue weighted by atomic mass is 19.1. The van der Waals surface area contributed by atoms with E-state index in [1.54, 1.807) is 13.1 Å². The van der Waals surface area contributed by atoms with Crippen molar-refractivity contribution in [3.8, 4) is 5.75 Å². The van der Waals surface area contributed by atoms with Gasteiger partial charge >= 0.3 is 0 Å². The second-order valence-electron chi connectivity index (χ2n) is 4.31. The average molecular weight is 251 g/mol. The van der Waals surface area contributed by atoms with Crippen LogP contribution in [0.1, 0.15) is 18.4 Å². The zero-order valence-electron chi connectivity index (χ0n) is 10.7. The Morgan fingerprint density at radius 2 is 2.28 bits per heavy atom. The summed E-state index contributed by atoms with van der Waals surface area (Å²) in [5.74, 6) is 0.676. The summed E-state index contributed by atoms with van der Waals surface area (Å²) in [7, 11) is 3.18. The third-order valence-corrected chi connectivity index (χ3v) is 2.82. The summed E-state index contributed by atoms with van der Waals surface area (Å²) in [5, 5.41) is 6.42. The van der Waals surface area contributed by atoms with Gasteiger partial charge in [0.25, 0.3) is 0 Å². The van der Waals surface area contributed by atoms with Gasteiger partial charge in [0.2, 0.25) is 0 Å². The van der Waals surface area contributed by atoms with Crippen LogP contribution in [0.2, 0.25) is 0 Å². The van der Waals surface area contributed by atoms with Crippen LogP contribution in [-0.2, 0) is 6.54 Å². The number of aliphatic imine (C=N–C) groups is 1. The Balaban J connectivity index is 1.90. The van der Waals surface area contributed by atoms with Crippen LogP contribution < -0.4 is 15.4 Å². The van der Waals surface area contributed by atoms with Gasteiger partial charge in [-0.1, -0.05) is 6.07 Å². The molecule has 0 saturated heterocycles. The second-order valence-corrected chi connectivity index (χ2v) is 4.31. The van der Waals surface area contributed by atoms with Crippen molar-refractivity contribution in [2.24, 2.45) is 4.99 Å². The first-order chi connectivity index (χ1) is 8.72. The zero-order chi connectivity index (χ0) is 13.0. The van der Waals surface area contributed by atoms with Crippen molar-refractivity contribution in [1.29, 1.82) is 0 Å². The second kappa shape index (κ2) is 5.71. The van der Waals surface area contributed by atoms with E-state index in [0.29, 0.717) is 12.6 Å². The molecule has 1 aliphatic carbocycles. The zero-order valence-corrected chi connectivity index (χ0v) is 10.7. The topological polar surface area (TPSA) is 45.7 Å². The molecule has 4 nitrogen and oxygen atoms in total. The van der Waals surface area contributed by atoms with Crippen LogP contribution in [0, 0.1) is 5.82 Å². The number of guanidine groups is 1. The van der Waals surface area contributed by atoms with Crippen LogP contribution in [0.5, 0.6) is 5.75 Å². The lowest BCUT2D eigenvalue weighted by atomic mass is 10.2. The van der Waals surface area contributed by atoms with Gasteiger partial charge < -0.3 is 15.4 Å². The molecular weight excluding hydrogens is 233 g/mol. The molecule has 0 bridgehead atoms. The number of benzene rings is 1. The van der Waals surface area contributed by atoms with Gasteiger partial charge in [-0.3, -0.25) is 4.99 Å². The lowest BCUT2D eigenvalue weighted by Crippen LogP contribution is -2.38. The van der Waals surface area contributed by atoms with E-state index in [9.17, 15) is 4.39 Å². The summed E-state index contributed by atoms with van der Waals surface area (Å²) in [5.41, 5.74) is 0.854. The van der Waals surface area contributed by atoms with Gasteiger partial charge in [-0.15, -0.1) is 0 Å². The van der Waals surface area contributed by atoms with Gasteiger partial charge in [-0.2, -0.15) is 0 Å². The summed E-state index contributed by atoms with van der Waals surface area (Å²) in [4.78, 5) is 4.12. The van der Waals surface area contributed by atoms with Crippen LogP contribution in [-0.4, -0.2) is 26.2 Å². The maximum Gasteiger partial charge on any atom is 0.191 e. The lowest BCUT2D eigenvalue weighted by Gasteiger charge is -2.11. The SMILES string of the molecule is CN=C(NCc1ccc(OC)c(F)c1)NC1CC1. The Morgan fingerprint density at radius 3 is 2.83 bits per heavy atom. The number of hydrogen-bond acceptors (Lipinski definition) is 2. The van der Waals surface area contributed by atoms with E-state index in [-0.39, 0.29) is 11.6 Å². The molecule has 0 heterocycles. The summed E-state index contributed by atoms with van der Waals surface area (Å²) < 4.78 is 18.4. The Kier molecular flexibility index (Phi) is 4.02. The first kappa shape index (κ1) is 12.7. The molecule has 98 valence electrons. The van der Waals surface area contributed by atoms with Crippen LogP contribution >= 0.6 is 0 Å². The highest BCUT2D eigenvalue weighted by molar-refractivity contribution is 5.80. The molecule has 5 heteroatoms. The molecule has 0 aromatic heterocycles. The number of ether oxygens (including phenoxy) is 1. The number of hydrogen-bond donors (Lipinski definition) is 2. The summed E-state index contributed by atoms with van der Waals surface area (Å²) >= 11 is 0. The predicted molar refractivity (Wildman–Crippen MR) is 69.3 cm³/mol. The average Bonchev–Trinajstić information content (AvgIpc) is 3.18. The molecule has 0 spiro atoms. The first-order valence-corrected chi connectivity index (χ1v) is 6.02. The predicted octanol–water partition coefficient (Wildman–Crippen LogP) is 1.66. The third kappa shape index (κ3) is 3.35. The Hall–Kier alpha value is -1.78. The van der Waals surface area contributed by atoms with Gasteiger partial charge in [0.1, 0.15) is 0 Å². The van der Waals surface area contributed by atoms with E-state index in [2.05, 4.69) is 15.6 Å². The van der Waals surface area contributed by atoms with Gasteiger partial charge in [-0.25, -0.2) is 4.39 Å². The Bertz CT molecular complexity index is 444. The van der Waals surface area contributed by atoms with Crippen LogP contribution in [0.15, 0.2) is 23.2 Å². The summed E-state index contributed by atoms with van der Waals surface area (Å²) in [6.07, 6.45) is 2.38. The van der Waals surface area contributed by atoms with Gasteiger partial charge in [0, 0.05) is 19.6 Å². The fourth-order valence-electron chi connectivity index (χ4n) is 1.62. The van der Waals surface area contributed by atoms with Gasteiger partial charge in [0.05, 0.1) is 7.11 Å². The molecule has 0 amide bonds. The molecule has 1 aromatic carbocycles. The third-order valence-electron chi connectivity index (χ3n) is 2.82. The first-order valence-electron chi connectivity index (χ1n) is 6.02. The molecule has 1 fully saturated rings. The lowest BCUT2D eigenvalue weighted by molar-refractivity contribution is 0.386. The minimum Gasteiger partial charge on any atom is -0.494 e. The number of nitrogens with one attached hydrogen (secondary N) is 2. The monoisotopic (exact) mass is 251 g/mol. The van der Waals surface area contributed by atoms with Crippen LogP contribution in [0.4, 0.5) is 4.39 Å². The molecular formula is C13H18FN3O. The Morgan fingerprint density at radius 1 is 1.50 bits per heavy atom. The molecule has 2 rings (SSSR count). The van der Waals surface area contributed by atoms with E-state index in [0.717, 1.165) is 11.5 Å². The van der Waals surface area contributed by atoms with Crippen molar-refractivity contribution >= 4 is 5.96 Å². The fourth-order valence-corrected chi connectivity index (χ4v) is 1.62. The fraction of sp³-hybridized carbons (Fsp3) is 0.462. The number of rotatable bonds is 4. The minimum absolute atomic E-state index is 0.263. The van der Waals surface area contributed by atoms with E-state index >= 15 is 0 Å². The van der Waals surface area contributed by atoms with Crippen LogP contribution in [0.25, 0.3) is 0 Å². The van der Waals surface area contributed by atoms with Crippen molar-refractivity contribution in [2.75, 3.05) is 14.2 Å². The quantitative estimate of drug-likeness (QED) is 0.632. The summed E-state index contributed by atoms with van der Waals surface area (Å²) in [6, 6.07) is 5.47. The molecule has 1 aliphatic rings. The highest BCUT2D eigenvalue weighted by Crippen LogP contribution is 2.19. The van der Waals surface area contributed by atoms with Crippen LogP contribution in [0.3, 0.4) is 0 Å². The molecule has 2 N–H and O–H groups in total. The van der Waals surface area contributed by atoms with E-state index < -0.39 is 0 Å². The standard InChI is InChI=1S/C13H18FN3O/c1-15-13(17-10-4-5-10)16-8-9-3-6-12(18-2)11(14)7-9/h3,6-7,10H,4-5,8H2,1-2H3,(H2,15,16,17). The number of halogens is 1. The molecule has 0 radical (unpaired) electrons. The molecule has 0 atom stereocenters. The molecule has 1 aromatic rings. The summed E-state index contributed by atoms with van der Waals surface area (Å²) in [6.45, 7) is 0.535. The molecule has 0 aliphatic heterocycles. The normalized spacial score (nSPS) is 15.4. The maximum atomic E-state index is 13.5. The van der Waals surface area contributed by atoms with Crippen molar-refractivity contribution in [2.45, 2.75) is 25.4 Å². The van der Waals surface area contributed by atoms with E-state index in [1.165, 1.54) is 26.0 Å². The van der Waals surface area contributed by atoms with Crippen molar-refractivity contribution in [3.63, 3.8) is 0 Å². The maximum absolute atomic E-state index is 13.5. The smallest absolute Gasteiger partial charge is 0.191 e. The van der Waals surface area contributed by atoms with E-state index in [4.69, 9.17) is 4.74 Å². The molecule has 18 heavy (non-hydrogen) atoms. The van der Waals surface area contributed by atoms with Crippen molar-refractivity contribution in [3.05, 3.63) is 29.6 Å². The van der Waals surface area contributed by atoms with Gasteiger partial charge in [-0.05, 0) is 30.5 Å². The minimum atomic E-state index is -0.345. The van der Waals surface area contributed by atoms with E-state index in [1.807, 2.05) is 6.07 Å². The highest BCUT2D eigenvalue weighted by Gasteiger charge is 2.21. The number of nitrogens with zero attached hydrogens (tertiary/aromatic N) is 1. The molecule has 0 unspecified atom stereocenters.